The van der Waals surface area contributed by atoms with Crippen molar-refractivity contribution in [2.75, 3.05) is 19.6 Å². The number of aromatic carboxylic acids is 1. The lowest BCUT2D eigenvalue weighted by atomic mass is 9.97. The van der Waals surface area contributed by atoms with Crippen LogP contribution in [0.15, 0.2) is 128 Å². The van der Waals surface area contributed by atoms with Crippen molar-refractivity contribution in [3.63, 3.8) is 0 Å². The average Bonchev–Trinajstić information content (AvgIpc) is 3.90. The quantitative estimate of drug-likeness (QED) is 0.0852. The minimum absolute atomic E-state index is 0.0113. The first-order valence-electron chi connectivity index (χ1n) is 21.4. The number of halogens is 3. The second-order valence-corrected chi connectivity index (χ2v) is 15.0. The van der Waals surface area contributed by atoms with Crippen LogP contribution in [-0.2, 0) is 19.2 Å². The van der Waals surface area contributed by atoms with E-state index in [9.17, 15) is 51.5 Å². The fourth-order valence-electron chi connectivity index (χ4n) is 6.82. The Morgan fingerprint density at radius 1 is 0.620 bits per heavy atom. The number of hydrogen-bond acceptors (Lipinski definition) is 12. The van der Waals surface area contributed by atoms with Gasteiger partial charge in [0, 0.05) is 46.6 Å². The maximum atomic E-state index is 12.4. The largest absolute Gasteiger partial charge is 0.478 e. The number of ketones is 4. The van der Waals surface area contributed by atoms with Crippen molar-refractivity contribution in [2.45, 2.75) is 46.7 Å². The van der Waals surface area contributed by atoms with Gasteiger partial charge in [0.15, 0.2) is 23.1 Å². The van der Waals surface area contributed by atoms with Gasteiger partial charge >= 0.3 is 18.3 Å². The molecule has 6 aromatic carbocycles. The van der Waals surface area contributed by atoms with E-state index < -0.39 is 31.1 Å². The molecular formula is C52H48F3N5O11. The van der Waals surface area contributed by atoms with Crippen LogP contribution >= 0.6 is 0 Å². The van der Waals surface area contributed by atoms with Gasteiger partial charge in [-0.15, -0.1) is 0 Å². The number of carbonyl (C=O) groups is 8. The van der Waals surface area contributed by atoms with Crippen LogP contribution in [0.5, 0.6) is 0 Å². The number of nitrogens with one attached hydrogen (secondary N) is 2. The standard InChI is InChI=1S/C18H19NO3.C16H12N2O2.C13H10O3.C4H7F3N2O.CO2/c1-3-6-13(21)11-19-18(22)17-10-9-14(12(2)20)15-7-4-5-8-16(15)17;1-11(19)12-6-7-15(14-5-3-2-4-13(12)14)16(20)18-9-8-17-10-18;1-8(14)9-6-7-12(13(15)16)11-5-3-2-4-10(9)11;5-4(6,7)2-9-3(10)1-8;2-1-3/h4-5,7-10H,3,6,11H2,1-2H3,(H,19,22);2-10H,1H3;2-7H,1H3,(H,15,16);1-2,8H2,(H,9,10);. The maximum Gasteiger partial charge on any atom is 0.405 e. The lowest BCUT2D eigenvalue weighted by molar-refractivity contribution is -0.191. The van der Waals surface area contributed by atoms with Crippen molar-refractivity contribution in [3.05, 3.63) is 161 Å². The molecule has 1 aromatic heterocycles. The number of alkyl halides is 3. The lowest BCUT2D eigenvalue weighted by Gasteiger charge is -2.10. The zero-order valence-corrected chi connectivity index (χ0v) is 38.8. The maximum absolute atomic E-state index is 12.4. The summed E-state index contributed by atoms with van der Waals surface area (Å²) in [5, 5.41) is 17.6. The molecule has 5 N–H and O–H groups in total. The van der Waals surface area contributed by atoms with Crippen molar-refractivity contribution in [2.24, 2.45) is 5.73 Å². The molecule has 0 atom stereocenters. The van der Waals surface area contributed by atoms with Crippen molar-refractivity contribution in [1.82, 2.24) is 20.2 Å². The first-order chi connectivity index (χ1) is 33.7. The number of benzene rings is 6. The molecule has 0 aliphatic heterocycles. The Kier molecular flexibility index (Phi) is 21.7. The number of Topliss-reactive ketones (excluding diaryl/α,β-unsaturated/α-hetero) is 4. The highest BCUT2D eigenvalue weighted by atomic mass is 19.4. The number of nitrogens with two attached hydrogens (primary N) is 1. The molecule has 0 bridgehead atoms. The van der Waals surface area contributed by atoms with Crippen LogP contribution in [0.25, 0.3) is 32.3 Å². The van der Waals surface area contributed by atoms with Gasteiger partial charge in [-0.1, -0.05) is 79.7 Å². The van der Waals surface area contributed by atoms with E-state index in [0.29, 0.717) is 45.0 Å². The summed E-state index contributed by atoms with van der Waals surface area (Å²) in [5.41, 5.74) is 7.76. The number of carboxylic acid groups (broad SMARTS) is 1. The van der Waals surface area contributed by atoms with E-state index in [0.717, 1.165) is 28.0 Å². The van der Waals surface area contributed by atoms with E-state index in [1.165, 1.54) is 37.7 Å². The van der Waals surface area contributed by atoms with Crippen LogP contribution in [0.4, 0.5) is 13.2 Å². The third kappa shape index (κ3) is 16.4. The van der Waals surface area contributed by atoms with Gasteiger partial charge in [-0.05, 0) is 95.9 Å². The van der Waals surface area contributed by atoms with Gasteiger partial charge in [-0.3, -0.25) is 38.1 Å². The summed E-state index contributed by atoms with van der Waals surface area (Å²) in [4.78, 5) is 112. The number of carboxylic acids is 1. The smallest absolute Gasteiger partial charge is 0.405 e. The molecule has 368 valence electrons. The lowest BCUT2D eigenvalue weighted by Crippen LogP contribution is -2.37. The molecule has 0 aliphatic rings. The molecule has 71 heavy (non-hydrogen) atoms. The van der Waals surface area contributed by atoms with Crippen LogP contribution in [0, 0.1) is 0 Å². The highest BCUT2D eigenvalue weighted by molar-refractivity contribution is 6.16. The molecule has 0 spiro atoms. The molecule has 0 radical (unpaired) electrons. The van der Waals surface area contributed by atoms with Gasteiger partial charge < -0.3 is 21.5 Å². The summed E-state index contributed by atoms with van der Waals surface area (Å²) in [6, 6.07) is 31.5. The number of rotatable bonds is 12. The van der Waals surface area contributed by atoms with E-state index in [2.05, 4.69) is 10.3 Å². The second kappa shape index (κ2) is 27.3. The topological polar surface area (TPSA) is 259 Å². The fourth-order valence-corrected chi connectivity index (χ4v) is 6.82. The number of nitrogens with zero attached hydrogens (tertiary/aromatic N) is 2. The van der Waals surface area contributed by atoms with Gasteiger partial charge in [-0.2, -0.15) is 22.8 Å². The zero-order valence-electron chi connectivity index (χ0n) is 38.8. The average molecular weight is 976 g/mol. The number of carbonyl (C=O) groups excluding carboxylic acids is 9. The Hall–Kier alpha value is -8.80. The molecule has 1 heterocycles. The minimum atomic E-state index is -4.36. The predicted molar refractivity (Wildman–Crippen MR) is 256 cm³/mol. The second-order valence-electron chi connectivity index (χ2n) is 15.0. The van der Waals surface area contributed by atoms with Crippen molar-refractivity contribution < 1.29 is 66.2 Å². The molecule has 0 unspecified atom stereocenters. The summed E-state index contributed by atoms with van der Waals surface area (Å²) < 4.78 is 35.3. The van der Waals surface area contributed by atoms with E-state index >= 15 is 0 Å². The molecular weight excluding hydrogens is 928 g/mol. The van der Waals surface area contributed by atoms with Crippen molar-refractivity contribution in [3.8, 4) is 0 Å². The van der Waals surface area contributed by atoms with Crippen LogP contribution in [0.3, 0.4) is 0 Å². The van der Waals surface area contributed by atoms with Gasteiger partial charge in [0.1, 0.15) is 12.9 Å². The van der Waals surface area contributed by atoms with Gasteiger partial charge in [0.25, 0.3) is 11.8 Å². The monoisotopic (exact) mass is 975 g/mol. The summed E-state index contributed by atoms with van der Waals surface area (Å²) in [7, 11) is 0. The van der Waals surface area contributed by atoms with Gasteiger partial charge in [0.2, 0.25) is 5.91 Å². The summed E-state index contributed by atoms with van der Waals surface area (Å²) >= 11 is 0. The van der Waals surface area contributed by atoms with Crippen molar-refractivity contribution >= 4 is 85.3 Å². The Morgan fingerprint density at radius 3 is 1.37 bits per heavy atom. The molecule has 0 aliphatic carbocycles. The molecule has 19 heteroatoms. The Bertz CT molecular complexity index is 3060. The number of aromatic nitrogens is 2. The van der Waals surface area contributed by atoms with E-state index in [-0.39, 0.29) is 53.2 Å². The predicted octanol–water partition coefficient (Wildman–Crippen LogP) is 7.85. The van der Waals surface area contributed by atoms with E-state index in [1.54, 1.807) is 72.3 Å². The molecule has 7 rings (SSSR count). The molecule has 2 amide bonds. The number of fused-ring (bicyclic) bond motifs is 3. The Morgan fingerprint density at radius 2 is 1.00 bits per heavy atom. The number of imidazole rings is 1. The number of hydrogen-bond donors (Lipinski definition) is 4. The third-order valence-electron chi connectivity index (χ3n) is 10.0. The van der Waals surface area contributed by atoms with Crippen LogP contribution in [0.1, 0.15) is 103 Å². The molecule has 0 saturated carbocycles. The molecule has 0 saturated heterocycles. The van der Waals surface area contributed by atoms with E-state index in [4.69, 9.17) is 20.4 Å². The molecule has 7 aromatic rings. The fraction of sp³-hybridized carbons (Fsp3) is 0.192. The van der Waals surface area contributed by atoms with Crippen LogP contribution < -0.4 is 16.4 Å². The minimum Gasteiger partial charge on any atom is -0.478 e. The molecule has 0 fully saturated rings. The number of amides is 2. The van der Waals surface area contributed by atoms with Gasteiger partial charge in [-0.25, -0.2) is 9.78 Å². The van der Waals surface area contributed by atoms with Crippen molar-refractivity contribution in [1.29, 1.82) is 0 Å². The molecule has 16 nitrogen and oxygen atoms in total. The van der Waals surface area contributed by atoms with E-state index in [1.807, 2.05) is 55.5 Å². The third-order valence-corrected chi connectivity index (χ3v) is 10.0. The summed E-state index contributed by atoms with van der Waals surface area (Å²) in [5.74, 6) is -2.34. The summed E-state index contributed by atoms with van der Waals surface area (Å²) in [6.07, 6.45) is 1.76. The van der Waals surface area contributed by atoms with Gasteiger partial charge in [0.05, 0.1) is 18.7 Å². The van der Waals surface area contributed by atoms with Crippen LogP contribution in [0.2, 0.25) is 0 Å². The first-order valence-corrected chi connectivity index (χ1v) is 21.4. The Balaban J connectivity index is 0.000000253. The highest BCUT2D eigenvalue weighted by Crippen LogP contribution is 2.26. The first kappa shape index (κ1) is 56.5. The van der Waals surface area contributed by atoms with Crippen LogP contribution in [-0.4, -0.2) is 93.4 Å². The Labute approximate surface area is 404 Å². The SMILES string of the molecule is CC(=O)c1ccc(C(=O)O)c2ccccc12.CC(=O)c1ccc(C(=O)n2ccnc2)c2ccccc12.CCCC(=O)CNC(=O)c1ccc(C(C)=O)c2ccccc12.NCC(=O)NCC(F)(F)F.O=C=O. The highest BCUT2D eigenvalue weighted by Gasteiger charge is 2.27. The summed E-state index contributed by atoms with van der Waals surface area (Å²) in [6.45, 7) is 4.73. The zero-order chi connectivity index (χ0) is 52.8. The normalized spacial score (nSPS) is 10.3.